The topological polar surface area (TPSA) is 61.4 Å². The Bertz CT molecular complexity index is 512. The third-order valence-corrected chi connectivity index (χ3v) is 3.85. The summed E-state index contributed by atoms with van der Waals surface area (Å²) < 4.78 is 0. The van der Waals surface area contributed by atoms with Gasteiger partial charge in [0.05, 0.1) is 12.6 Å². The van der Waals surface area contributed by atoms with Crippen molar-refractivity contribution < 1.29 is 9.59 Å². The lowest BCUT2D eigenvalue weighted by molar-refractivity contribution is -0.124. The molecule has 1 aromatic rings. The number of rotatable bonds is 8. The van der Waals surface area contributed by atoms with Crippen LogP contribution in [0.15, 0.2) is 24.3 Å². The average molecular weight is 319 g/mol. The summed E-state index contributed by atoms with van der Waals surface area (Å²) in [7, 11) is 1.78. The first-order chi connectivity index (χ1) is 10.8. The second-order valence-electron chi connectivity index (χ2n) is 6.21. The summed E-state index contributed by atoms with van der Waals surface area (Å²) in [6, 6.07) is 7.48. The molecule has 23 heavy (non-hydrogen) atoms. The van der Waals surface area contributed by atoms with Crippen molar-refractivity contribution in [2.24, 2.45) is 0 Å². The Balaban J connectivity index is 2.53. The highest BCUT2D eigenvalue weighted by Gasteiger charge is 2.20. The molecule has 128 valence electrons. The summed E-state index contributed by atoms with van der Waals surface area (Å²) in [6.07, 6.45) is 0.901. The van der Waals surface area contributed by atoms with Gasteiger partial charge in [-0.05, 0) is 44.0 Å². The van der Waals surface area contributed by atoms with Gasteiger partial charge in [-0.25, -0.2) is 0 Å². The van der Waals surface area contributed by atoms with E-state index in [1.165, 1.54) is 5.56 Å². The average Bonchev–Trinajstić information content (AvgIpc) is 2.52. The molecule has 1 aromatic carbocycles. The molecule has 0 aromatic heterocycles. The number of hydrogen-bond donors (Lipinski definition) is 2. The van der Waals surface area contributed by atoms with Crippen molar-refractivity contribution in [3.05, 3.63) is 29.8 Å². The molecule has 0 spiro atoms. The SMILES string of the molecule is CCCNC(=O)CN(C)[C@@H](C)C(=O)Nc1ccc(C(C)C)cc1. The Morgan fingerprint density at radius 1 is 1.13 bits per heavy atom. The summed E-state index contributed by atoms with van der Waals surface area (Å²) in [6.45, 7) is 8.94. The van der Waals surface area contributed by atoms with E-state index in [4.69, 9.17) is 0 Å². The molecule has 1 rings (SSSR count). The van der Waals surface area contributed by atoms with Gasteiger partial charge in [-0.3, -0.25) is 14.5 Å². The molecular weight excluding hydrogens is 290 g/mol. The van der Waals surface area contributed by atoms with Crippen LogP contribution in [0.4, 0.5) is 5.69 Å². The second-order valence-corrected chi connectivity index (χ2v) is 6.21. The first-order valence-electron chi connectivity index (χ1n) is 8.22. The van der Waals surface area contributed by atoms with Gasteiger partial charge in [0.2, 0.25) is 11.8 Å². The number of benzene rings is 1. The van der Waals surface area contributed by atoms with Crippen LogP contribution in [0, 0.1) is 0 Å². The lowest BCUT2D eigenvalue weighted by Crippen LogP contribution is -2.44. The molecule has 2 amide bonds. The Morgan fingerprint density at radius 2 is 1.74 bits per heavy atom. The number of nitrogens with zero attached hydrogens (tertiary/aromatic N) is 1. The van der Waals surface area contributed by atoms with Gasteiger partial charge in [0.15, 0.2) is 0 Å². The fourth-order valence-electron chi connectivity index (χ4n) is 2.08. The second kappa shape index (κ2) is 9.30. The molecule has 2 N–H and O–H groups in total. The van der Waals surface area contributed by atoms with Crippen molar-refractivity contribution >= 4 is 17.5 Å². The summed E-state index contributed by atoms with van der Waals surface area (Å²) in [5.41, 5.74) is 2.01. The summed E-state index contributed by atoms with van der Waals surface area (Å²) in [5.74, 6) is 0.287. The van der Waals surface area contributed by atoms with Crippen molar-refractivity contribution in [1.82, 2.24) is 10.2 Å². The fourth-order valence-corrected chi connectivity index (χ4v) is 2.08. The first kappa shape index (κ1) is 19.2. The zero-order chi connectivity index (χ0) is 17.4. The van der Waals surface area contributed by atoms with Crippen LogP contribution in [-0.2, 0) is 9.59 Å². The zero-order valence-corrected chi connectivity index (χ0v) is 14.8. The summed E-state index contributed by atoms with van der Waals surface area (Å²) in [5, 5.41) is 5.70. The van der Waals surface area contributed by atoms with Crippen LogP contribution in [-0.4, -0.2) is 42.9 Å². The van der Waals surface area contributed by atoms with Crippen molar-refractivity contribution in [3.63, 3.8) is 0 Å². The molecule has 0 saturated carbocycles. The highest BCUT2D eigenvalue weighted by Crippen LogP contribution is 2.17. The van der Waals surface area contributed by atoms with Crippen LogP contribution in [0.5, 0.6) is 0 Å². The maximum Gasteiger partial charge on any atom is 0.241 e. The van der Waals surface area contributed by atoms with Crippen molar-refractivity contribution in [2.75, 3.05) is 25.5 Å². The van der Waals surface area contributed by atoms with Crippen LogP contribution in [0.25, 0.3) is 0 Å². The molecule has 0 aliphatic carbocycles. The fraction of sp³-hybridized carbons (Fsp3) is 0.556. The minimum Gasteiger partial charge on any atom is -0.355 e. The van der Waals surface area contributed by atoms with E-state index in [0.717, 1.165) is 12.1 Å². The molecule has 0 bridgehead atoms. The minimum absolute atomic E-state index is 0.0599. The van der Waals surface area contributed by atoms with E-state index in [-0.39, 0.29) is 24.4 Å². The number of hydrogen-bond acceptors (Lipinski definition) is 3. The van der Waals surface area contributed by atoms with E-state index >= 15 is 0 Å². The van der Waals surface area contributed by atoms with Gasteiger partial charge in [-0.2, -0.15) is 0 Å². The highest BCUT2D eigenvalue weighted by molar-refractivity contribution is 5.94. The monoisotopic (exact) mass is 319 g/mol. The first-order valence-corrected chi connectivity index (χ1v) is 8.22. The van der Waals surface area contributed by atoms with Gasteiger partial charge < -0.3 is 10.6 Å². The van der Waals surface area contributed by atoms with E-state index in [1.807, 2.05) is 31.2 Å². The molecule has 0 saturated heterocycles. The van der Waals surface area contributed by atoms with Gasteiger partial charge in [0.25, 0.3) is 0 Å². The van der Waals surface area contributed by atoms with Crippen LogP contribution >= 0.6 is 0 Å². The molecular formula is C18H29N3O2. The van der Waals surface area contributed by atoms with Crippen LogP contribution in [0.2, 0.25) is 0 Å². The Morgan fingerprint density at radius 3 is 2.26 bits per heavy atom. The Kier molecular flexibility index (Phi) is 7.75. The minimum atomic E-state index is -0.382. The maximum absolute atomic E-state index is 12.3. The molecule has 0 aliphatic heterocycles. The largest absolute Gasteiger partial charge is 0.355 e. The van der Waals surface area contributed by atoms with Gasteiger partial charge in [-0.1, -0.05) is 32.9 Å². The van der Waals surface area contributed by atoms with E-state index in [9.17, 15) is 9.59 Å². The van der Waals surface area contributed by atoms with Crippen molar-refractivity contribution in [2.45, 2.75) is 46.1 Å². The number of carbonyl (C=O) groups is 2. The number of anilines is 1. The van der Waals surface area contributed by atoms with Crippen LogP contribution < -0.4 is 10.6 Å². The smallest absolute Gasteiger partial charge is 0.241 e. The molecule has 0 aliphatic rings. The molecule has 5 nitrogen and oxygen atoms in total. The van der Waals surface area contributed by atoms with Gasteiger partial charge in [0, 0.05) is 12.2 Å². The maximum atomic E-state index is 12.3. The lowest BCUT2D eigenvalue weighted by Gasteiger charge is -2.23. The molecule has 0 heterocycles. The number of nitrogens with one attached hydrogen (secondary N) is 2. The molecule has 0 radical (unpaired) electrons. The van der Waals surface area contributed by atoms with E-state index in [0.29, 0.717) is 12.5 Å². The normalized spacial score (nSPS) is 12.3. The summed E-state index contributed by atoms with van der Waals surface area (Å²) >= 11 is 0. The van der Waals surface area contributed by atoms with Gasteiger partial charge >= 0.3 is 0 Å². The summed E-state index contributed by atoms with van der Waals surface area (Å²) in [4.78, 5) is 25.7. The predicted molar refractivity (Wildman–Crippen MR) is 94.6 cm³/mol. The standard InChI is InChI=1S/C18H29N3O2/c1-6-11-19-17(22)12-21(5)14(4)18(23)20-16-9-7-15(8-10-16)13(2)3/h7-10,13-14H,6,11-12H2,1-5H3,(H,19,22)(H,20,23)/t14-/m0/s1. The third kappa shape index (κ3) is 6.40. The zero-order valence-electron chi connectivity index (χ0n) is 14.8. The predicted octanol–water partition coefficient (Wildman–Crippen LogP) is 2.60. The number of likely N-dealkylation sites (N-methyl/N-ethyl adjacent to an activating group) is 1. The third-order valence-electron chi connectivity index (χ3n) is 3.85. The number of amides is 2. The molecule has 0 unspecified atom stereocenters. The van der Waals surface area contributed by atoms with Crippen molar-refractivity contribution in [3.8, 4) is 0 Å². The Hall–Kier alpha value is -1.88. The van der Waals surface area contributed by atoms with E-state index < -0.39 is 0 Å². The van der Waals surface area contributed by atoms with E-state index in [2.05, 4.69) is 24.5 Å². The van der Waals surface area contributed by atoms with Crippen LogP contribution in [0.1, 0.15) is 45.6 Å². The molecule has 0 fully saturated rings. The lowest BCUT2D eigenvalue weighted by atomic mass is 10.0. The highest BCUT2D eigenvalue weighted by atomic mass is 16.2. The van der Waals surface area contributed by atoms with Crippen molar-refractivity contribution in [1.29, 1.82) is 0 Å². The van der Waals surface area contributed by atoms with E-state index in [1.54, 1.807) is 18.9 Å². The quantitative estimate of drug-likeness (QED) is 0.774. The molecule has 1 atom stereocenters. The van der Waals surface area contributed by atoms with Gasteiger partial charge in [0.1, 0.15) is 0 Å². The Labute approximate surface area is 139 Å². The van der Waals surface area contributed by atoms with Crippen LogP contribution in [0.3, 0.4) is 0 Å². The molecule has 5 heteroatoms. The number of carbonyl (C=O) groups excluding carboxylic acids is 2. The van der Waals surface area contributed by atoms with Gasteiger partial charge in [-0.15, -0.1) is 0 Å².